The van der Waals surface area contributed by atoms with Crippen molar-refractivity contribution < 1.29 is 19.5 Å². The lowest BCUT2D eigenvalue weighted by atomic mass is 10.1. The van der Waals surface area contributed by atoms with Gasteiger partial charge in [-0.25, -0.2) is 4.79 Å². The van der Waals surface area contributed by atoms with E-state index < -0.39 is 24.0 Å². The summed E-state index contributed by atoms with van der Waals surface area (Å²) in [6.07, 6.45) is 1.43. The monoisotopic (exact) mass is 243 g/mol. The SMILES string of the molecule is CC(CNC(=O)NC1CCCNC1=O)C(=O)O. The van der Waals surface area contributed by atoms with Crippen LogP contribution in [0.2, 0.25) is 0 Å². The highest BCUT2D eigenvalue weighted by Crippen LogP contribution is 2.02. The van der Waals surface area contributed by atoms with Gasteiger partial charge in [0.15, 0.2) is 0 Å². The molecule has 7 nitrogen and oxygen atoms in total. The first-order valence-electron chi connectivity index (χ1n) is 5.55. The Kier molecular flexibility index (Phi) is 4.74. The van der Waals surface area contributed by atoms with Gasteiger partial charge in [0.05, 0.1) is 5.92 Å². The van der Waals surface area contributed by atoms with E-state index in [1.54, 1.807) is 0 Å². The number of piperidine rings is 1. The second-order valence-electron chi connectivity index (χ2n) is 4.08. The summed E-state index contributed by atoms with van der Waals surface area (Å²) in [6, 6.07) is -1.04. The molecular formula is C10H17N3O4. The van der Waals surface area contributed by atoms with E-state index in [0.717, 1.165) is 6.42 Å². The van der Waals surface area contributed by atoms with Crippen molar-refractivity contribution in [3.05, 3.63) is 0 Å². The van der Waals surface area contributed by atoms with Gasteiger partial charge in [-0.05, 0) is 12.8 Å². The van der Waals surface area contributed by atoms with E-state index in [2.05, 4.69) is 16.0 Å². The molecule has 0 aromatic rings. The first-order chi connectivity index (χ1) is 8.00. The molecule has 0 saturated carbocycles. The molecule has 0 spiro atoms. The van der Waals surface area contributed by atoms with Gasteiger partial charge in [-0.3, -0.25) is 9.59 Å². The van der Waals surface area contributed by atoms with Crippen molar-refractivity contribution in [2.24, 2.45) is 5.92 Å². The average Bonchev–Trinajstić information content (AvgIpc) is 2.29. The van der Waals surface area contributed by atoms with Crippen LogP contribution in [-0.2, 0) is 9.59 Å². The van der Waals surface area contributed by atoms with E-state index in [1.165, 1.54) is 6.92 Å². The molecule has 0 aromatic carbocycles. The minimum atomic E-state index is -0.972. The van der Waals surface area contributed by atoms with Crippen LogP contribution in [0.25, 0.3) is 0 Å². The molecule has 1 aliphatic heterocycles. The zero-order chi connectivity index (χ0) is 12.8. The topological polar surface area (TPSA) is 108 Å². The largest absolute Gasteiger partial charge is 0.481 e. The number of carbonyl (C=O) groups is 3. The van der Waals surface area contributed by atoms with Gasteiger partial charge in [-0.2, -0.15) is 0 Å². The van der Waals surface area contributed by atoms with E-state index >= 15 is 0 Å². The molecule has 17 heavy (non-hydrogen) atoms. The molecule has 1 rings (SSSR count). The molecule has 1 heterocycles. The molecule has 96 valence electrons. The van der Waals surface area contributed by atoms with Crippen LogP contribution in [0.4, 0.5) is 4.79 Å². The summed E-state index contributed by atoms with van der Waals surface area (Å²) >= 11 is 0. The fourth-order valence-electron chi connectivity index (χ4n) is 1.45. The Morgan fingerprint density at radius 3 is 2.88 bits per heavy atom. The van der Waals surface area contributed by atoms with Crippen molar-refractivity contribution >= 4 is 17.9 Å². The van der Waals surface area contributed by atoms with Gasteiger partial charge in [0.2, 0.25) is 5.91 Å². The lowest BCUT2D eigenvalue weighted by Gasteiger charge is -2.23. The van der Waals surface area contributed by atoms with Gasteiger partial charge < -0.3 is 21.1 Å². The van der Waals surface area contributed by atoms with Crippen molar-refractivity contribution in [2.75, 3.05) is 13.1 Å². The molecule has 3 amide bonds. The molecule has 1 saturated heterocycles. The van der Waals surface area contributed by atoms with E-state index in [0.29, 0.717) is 13.0 Å². The third-order valence-corrected chi connectivity index (χ3v) is 2.58. The molecule has 0 bridgehead atoms. The van der Waals surface area contributed by atoms with Crippen molar-refractivity contribution in [3.63, 3.8) is 0 Å². The second-order valence-corrected chi connectivity index (χ2v) is 4.08. The number of amides is 3. The van der Waals surface area contributed by atoms with Crippen LogP contribution in [0.15, 0.2) is 0 Å². The van der Waals surface area contributed by atoms with Crippen molar-refractivity contribution in [3.8, 4) is 0 Å². The third kappa shape index (κ3) is 4.29. The number of carbonyl (C=O) groups excluding carboxylic acids is 2. The molecular weight excluding hydrogens is 226 g/mol. The summed E-state index contributed by atoms with van der Waals surface area (Å²) in [5, 5.41) is 16.2. The second kappa shape index (κ2) is 6.07. The molecule has 0 aromatic heterocycles. The number of hydrogen-bond acceptors (Lipinski definition) is 3. The standard InChI is InChI=1S/C10H17N3O4/c1-6(9(15)16)5-12-10(17)13-7-3-2-4-11-8(7)14/h6-7H,2-5H2,1H3,(H,11,14)(H,15,16)(H2,12,13,17). The Balaban J connectivity index is 2.29. The molecule has 4 N–H and O–H groups in total. The Bertz CT molecular complexity index is 319. The molecule has 2 unspecified atom stereocenters. The first kappa shape index (κ1) is 13.3. The maximum atomic E-state index is 11.4. The zero-order valence-electron chi connectivity index (χ0n) is 9.66. The molecule has 2 atom stereocenters. The summed E-state index contributed by atoms with van der Waals surface area (Å²) in [6.45, 7) is 2.17. The van der Waals surface area contributed by atoms with Gasteiger partial charge in [-0.15, -0.1) is 0 Å². The van der Waals surface area contributed by atoms with Crippen LogP contribution in [0.5, 0.6) is 0 Å². The van der Waals surface area contributed by atoms with E-state index in [-0.39, 0.29) is 12.5 Å². The van der Waals surface area contributed by atoms with Gasteiger partial charge >= 0.3 is 12.0 Å². The van der Waals surface area contributed by atoms with Crippen LogP contribution >= 0.6 is 0 Å². The number of aliphatic carboxylic acids is 1. The molecule has 0 aliphatic carbocycles. The number of rotatable bonds is 4. The van der Waals surface area contributed by atoms with Gasteiger partial charge in [-0.1, -0.05) is 6.92 Å². The van der Waals surface area contributed by atoms with E-state index in [4.69, 9.17) is 5.11 Å². The minimum Gasteiger partial charge on any atom is -0.481 e. The smallest absolute Gasteiger partial charge is 0.315 e. The predicted molar refractivity (Wildman–Crippen MR) is 59.4 cm³/mol. The Morgan fingerprint density at radius 2 is 2.29 bits per heavy atom. The maximum absolute atomic E-state index is 11.4. The fraction of sp³-hybridized carbons (Fsp3) is 0.700. The third-order valence-electron chi connectivity index (χ3n) is 2.58. The number of urea groups is 1. The highest BCUT2D eigenvalue weighted by Gasteiger charge is 2.23. The van der Waals surface area contributed by atoms with Crippen molar-refractivity contribution in [2.45, 2.75) is 25.8 Å². The van der Waals surface area contributed by atoms with Crippen molar-refractivity contribution in [1.29, 1.82) is 0 Å². The molecule has 0 radical (unpaired) electrons. The number of carboxylic acids is 1. The zero-order valence-corrected chi connectivity index (χ0v) is 9.66. The van der Waals surface area contributed by atoms with Crippen LogP contribution in [0.1, 0.15) is 19.8 Å². The predicted octanol–water partition coefficient (Wildman–Crippen LogP) is -0.715. The normalized spacial score (nSPS) is 21.2. The van der Waals surface area contributed by atoms with Gasteiger partial charge in [0, 0.05) is 13.1 Å². The lowest BCUT2D eigenvalue weighted by Crippen LogP contribution is -2.53. The summed E-state index contributed by atoms with van der Waals surface area (Å²) in [7, 11) is 0. The Labute approximate surface area is 98.9 Å². The summed E-state index contributed by atoms with van der Waals surface area (Å²) in [5.74, 6) is -1.82. The lowest BCUT2D eigenvalue weighted by molar-refractivity contribution is -0.140. The number of hydrogen-bond donors (Lipinski definition) is 4. The van der Waals surface area contributed by atoms with Crippen LogP contribution in [0.3, 0.4) is 0 Å². The Hall–Kier alpha value is -1.79. The molecule has 1 aliphatic rings. The highest BCUT2D eigenvalue weighted by atomic mass is 16.4. The fourth-order valence-corrected chi connectivity index (χ4v) is 1.45. The van der Waals surface area contributed by atoms with Gasteiger partial charge in [0.1, 0.15) is 6.04 Å². The average molecular weight is 243 g/mol. The van der Waals surface area contributed by atoms with Crippen molar-refractivity contribution in [1.82, 2.24) is 16.0 Å². The highest BCUT2D eigenvalue weighted by molar-refractivity contribution is 5.87. The van der Waals surface area contributed by atoms with Crippen LogP contribution in [0, 0.1) is 5.92 Å². The summed E-state index contributed by atoms with van der Waals surface area (Å²) in [5.41, 5.74) is 0. The van der Waals surface area contributed by atoms with Gasteiger partial charge in [0.25, 0.3) is 0 Å². The van der Waals surface area contributed by atoms with Crippen LogP contribution < -0.4 is 16.0 Å². The minimum absolute atomic E-state index is 0.0372. The summed E-state index contributed by atoms with van der Waals surface area (Å²) < 4.78 is 0. The number of nitrogens with one attached hydrogen (secondary N) is 3. The van der Waals surface area contributed by atoms with E-state index in [9.17, 15) is 14.4 Å². The summed E-state index contributed by atoms with van der Waals surface area (Å²) in [4.78, 5) is 33.2. The first-order valence-corrected chi connectivity index (χ1v) is 5.55. The quantitative estimate of drug-likeness (QED) is 0.523. The molecule has 7 heteroatoms. The number of carboxylic acid groups (broad SMARTS) is 1. The maximum Gasteiger partial charge on any atom is 0.315 e. The van der Waals surface area contributed by atoms with E-state index in [1.807, 2.05) is 0 Å². The molecule has 1 fully saturated rings. The van der Waals surface area contributed by atoms with Crippen LogP contribution in [-0.4, -0.2) is 42.1 Å². The Morgan fingerprint density at radius 1 is 1.59 bits per heavy atom.